The Morgan fingerprint density at radius 1 is 1.20 bits per heavy atom. The van der Waals surface area contributed by atoms with Crippen LogP contribution in [-0.2, 0) is 16.1 Å². The molecule has 11 nitrogen and oxygen atoms in total. The molecular weight excluding hydrogens is 571 g/mol. The summed E-state index contributed by atoms with van der Waals surface area (Å²) in [5.74, 6) is 1.27. The van der Waals surface area contributed by atoms with E-state index in [4.69, 9.17) is 42.4 Å². The number of benzene rings is 1. The number of pyridine rings is 1. The molecule has 5 rings (SSSR count). The van der Waals surface area contributed by atoms with E-state index < -0.39 is 0 Å². The number of hydrogen-bond acceptors (Lipinski definition) is 9. The number of amides is 1. The second kappa shape index (κ2) is 12.6. The van der Waals surface area contributed by atoms with Gasteiger partial charge in [-0.2, -0.15) is 4.98 Å². The van der Waals surface area contributed by atoms with Crippen LogP contribution in [0.25, 0.3) is 22.2 Å². The highest BCUT2D eigenvalue weighted by molar-refractivity contribution is 6.41. The fourth-order valence-corrected chi connectivity index (χ4v) is 5.78. The van der Waals surface area contributed by atoms with E-state index in [2.05, 4.69) is 27.1 Å². The normalized spacial score (nSPS) is 17.3. The van der Waals surface area contributed by atoms with Gasteiger partial charge in [0.2, 0.25) is 11.9 Å². The predicted octanol–water partition coefficient (Wildman–Crippen LogP) is 3.22. The summed E-state index contributed by atoms with van der Waals surface area (Å²) in [6.45, 7) is 7.86. The van der Waals surface area contributed by atoms with Gasteiger partial charge in [-0.05, 0) is 18.6 Å². The zero-order chi connectivity index (χ0) is 29.1. The first-order chi connectivity index (χ1) is 19.8. The van der Waals surface area contributed by atoms with Gasteiger partial charge in [0.1, 0.15) is 17.1 Å². The van der Waals surface area contributed by atoms with E-state index in [1.54, 1.807) is 22.9 Å². The third-order valence-corrected chi connectivity index (χ3v) is 8.12. The number of halogens is 2. The van der Waals surface area contributed by atoms with Gasteiger partial charge in [0, 0.05) is 68.5 Å². The predicted molar refractivity (Wildman–Crippen MR) is 158 cm³/mol. The Labute approximate surface area is 247 Å². The SMILES string of the molecule is C=CC(=O)NC1CN(CCn2c(=O)c(-c3c(Cl)c(OC)cc(OC)c3Cl)cc3cnc(NCC4CCOC4)nc32)C1. The maximum Gasteiger partial charge on any atom is 0.260 e. The van der Waals surface area contributed by atoms with Gasteiger partial charge in [-0.15, -0.1) is 0 Å². The molecule has 1 amide bonds. The molecule has 41 heavy (non-hydrogen) atoms. The number of aromatic nitrogens is 3. The molecule has 3 aromatic rings. The lowest BCUT2D eigenvalue weighted by atomic mass is 10.0. The second-order valence-corrected chi connectivity index (χ2v) is 10.8. The van der Waals surface area contributed by atoms with Crippen LogP contribution in [-0.4, -0.2) is 85.0 Å². The van der Waals surface area contributed by atoms with Crippen LogP contribution in [0.4, 0.5) is 5.95 Å². The zero-order valence-electron chi connectivity index (χ0n) is 22.9. The van der Waals surface area contributed by atoms with Crippen LogP contribution in [0.2, 0.25) is 10.0 Å². The van der Waals surface area contributed by atoms with Crippen molar-refractivity contribution in [2.45, 2.75) is 19.0 Å². The summed E-state index contributed by atoms with van der Waals surface area (Å²) in [6, 6.07) is 3.31. The molecule has 0 radical (unpaired) electrons. The molecule has 2 aliphatic heterocycles. The van der Waals surface area contributed by atoms with Crippen molar-refractivity contribution < 1.29 is 19.0 Å². The maximum absolute atomic E-state index is 14.1. The number of nitrogens with zero attached hydrogens (tertiary/aromatic N) is 4. The number of fused-ring (bicyclic) bond motifs is 1. The summed E-state index contributed by atoms with van der Waals surface area (Å²) in [6.07, 6.45) is 3.91. The van der Waals surface area contributed by atoms with Gasteiger partial charge in [-0.3, -0.25) is 19.1 Å². The quantitative estimate of drug-likeness (QED) is 0.319. The summed E-state index contributed by atoms with van der Waals surface area (Å²) >= 11 is 13.4. The number of carbonyl (C=O) groups is 1. The number of ether oxygens (including phenoxy) is 3. The minimum atomic E-state index is -0.317. The average molecular weight is 604 g/mol. The van der Waals surface area contributed by atoms with Crippen molar-refractivity contribution in [3.05, 3.63) is 51.4 Å². The van der Waals surface area contributed by atoms with E-state index in [0.29, 0.717) is 79.3 Å². The number of anilines is 1. The third-order valence-electron chi connectivity index (χ3n) is 7.37. The van der Waals surface area contributed by atoms with E-state index >= 15 is 0 Å². The largest absolute Gasteiger partial charge is 0.495 e. The fourth-order valence-electron chi connectivity index (χ4n) is 5.08. The van der Waals surface area contributed by atoms with Crippen LogP contribution >= 0.6 is 23.2 Å². The lowest BCUT2D eigenvalue weighted by Crippen LogP contribution is -2.59. The van der Waals surface area contributed by atoms with Crippen molar-refractivity contribution in [2.24, 2.45) is 5.92 Å². The van der Waals surface area contributed by atoms with Crippen LogP contribution in [0.15, 0.2) is 35.8 Å². The Morgan fingerprint density at radius 2 is 1.93 bits per heavy atom. The monoisotopic (exact) mass is 602 g/mol. The smallest absolute Gasteiger partial charge is 0.260 e. The molecule has 13 heteroatoms. The topological polar surface area (TPSA) is 120 Å². The van der Waals surface area contributed by atoms with E-state index in [9.17, 15) is 9.59 Å². The molecule has 1 unspecified atom stereocenters. The summed E-state index contributed by atoms with van der Waals surface area (Å²) in [4.78, 5) is 37.1. The van der Waals surface area contributed by atoms with Crippen LogP contribution in [0.5, 0.6) is 11.5 Å². The lowest BCUT2D eigenvalue weighted by molar-refractivity contribution is -0.118. The first kappa shape index (κ1) is 29.1. The number of carbonyl (C=O) groups excluding carboxylic acids is 1. The first-order valence-electron chi connectivity index (χ1n) is 13.3. The zero-order valence-corrected chi connectivity index (χ0v) is 24.4. The van der Waals surface area contributed by atoms with Gasteiger partial charge in [0.25, 0.3) is 5.56 Å². The van der Waals surface area contributed by atoms with Crippen LogP contribution < -0.4 is 25.7 Å². The Bertz CT molecular complexity index is 1490. The van der Waals surface area contributed by atoms with Crippen LogP contribution in [0, 0.1) is 5.92 Å². The van der Waals surface area contributed by atoms with Crippen LogP contribution in [0.1, 0.15) is 6.42 Å². The Kier molecular flexibility index (Phi) is 8.98. The van der Waals surface area contributed by atoms with Crippen LogP contribution in [0.3, 0.4) is 0 Å². The number of likely N-dealkylation sites (tertiary alicyclic amines) is 1. The number of rotatable bonds is 11. The van der Waals surface area contributed by atoms with E-state index in [0.717, 1.165) is 13.0 Å². The Morgan fingerprint density at radius 3 is 2.56 bits per heavy atom. The van der Waals surface area contributed by atoms with Gasteiger partial charge in [-0.1, -0.05) is 29.8 Å². The van der Waals surface area contributed by atoms with Gasteiger partial charge < -0.3 is 24.8 Å². The van der Waals surface area contributed by atoms with Gasteiger partial charge in [-0.25, -0.2) is 4.98 Å². The molecule has 2 N–H and O–H groups in total. The minimum absolute atomic E-state index is 0.0415. The minimum Gasteiger partial charge on any atom is -0.495 e. The highest BCUT2D eigenvalue weighted by Gasteiger charge is 2.28. The number of hydrogen-bond donors (Lipinski definition) is 2. The summed E-state index contributed by atoms with van der Waals surface area (Å²) in [7, 11) is 2.96. The molecule has 2 aliphatic rings. The molecule has 2 aromatic heterocycles. The van der Waals surface area contributed by atoms with E-state index in [1.807, 2.05) is 0 Å². The van der Waals surface area contributed by atoms with E-state index in [-0.39, 0.29) is 33.1 Å². The van der Waals surface area contributed by atoms with E-state index in [1.165, 1.54) is 20.3 Å². The molecule has 0 spiro atoms. The van der Waals surface area contributed by atoms with Crippen molar-refractivity contribution in [3.8, 4) is 22.6 Å². The van der Waals surface area contributed by atoms with Gasteiger partial charge in [0.05, 0.1) is 42.5 Å². The Balaban J connectivity index is 1.52. The molecule has 218 valence electrons. The maximum atomic E-state index is 14.1. The molecule has 1 aromatic carbocycles. The molecule has 0 bridgehead atoms. The second-order valence-electron chi connectivity index (χ2n) is 10.1. The van der Waals surface area contributed by atoms with Crippen molar-refractivity contribution in [2.75, 3.05) is 58.9 Å². The lowest BCUT2D eigenvalue weighted by Gasteiger charge is -2.39. The summed E-state index contributed by atoms with van der Waals surface area (Å²) in [5.41, 5.74) is 0.752. The number of methoxy groups -OCH3 is 2. The standard InChI is InChI=1S/C28H32Cl2N6O5/c1-4-22(37)33-18-13-35(14-18)6-7-36-26-17(12-32-28(34-26)31-11-16-5-8-41-15-16)9-19(27(36)38)23-24(29)20(39-2)10-21(40-3)25(23)30/h4,9-10,12,16,18H,1,5-8,11,13-15H2,2-3H3,(H,33,37)(H,31,32,34). The molecule has 1 atom stereocenters. The average Bonchev–Trinajstić information content (AvgIpc) is 3.48. The highest BCUT2D eigenvalue weighted by atomic mass is 35.5. The third kappa shape index (κ3) is 6.13. The van der Waals surface area contributed by atoms with Gasteiger partial charge >= 0.3 is 0 Å². The van der Waals surface area contributed by atoms with Crippen molar-refractivity contribution in [1.82, 2.24) is 24.8 Å². The summed E-state index contributed by atoms with van der Waals surface area (Å²) < 4.78 is 17.9. The molecule has 0 aliphatic carbocycles. The molecule has 0 saturated carbocycles. The van der Waals surface area contributed by atoms with Crippen molar-refractivity contribution >= 4 is 46.1 Å². The molecule has 2 fully saturated rings. The Hall–Kier alpha value is -3.38. The van der Waals surface area contributed by atoms with Gasteiger partial charge in [0.15, 0.2) is 0 Å². The summed E-state index contributed by atoms with van der Waals surface area (Å²) in [5, 5.41) is 7.21. The fraction of sp³-hybridized carbons (Fsp3) is 0.429. The number of nitrogens with one attached hydrogen (secondary N) is 2. The molecule has 2 saturated heterocycles. The van der Waals surface area contributed by atoms with Crippen molar-refractivity contribution in [1.29, 1.82) is 0 Å². The van der Waals surface area contributed by atoms with Crippen molar-refractivity contribution in [3.63, 3.8) is 0 Å². The molecular formula is C28H32Cl2N6O5. The molecule has 4 heterocycles. The highest BCUT2D eigenvalue weighted by Crippen LogP contribution is 2.45. The first-order valence-corrected chi connectivity index (χ1v) is 14.1.